The van der Waals surface area contributed by atoms with E-state index in [1.54, 1.807) is 45.0 Å². The number of carbonyl (C=O) groups is 4. The molecule has 2 aromatic carbocycles. The number of hydrogen-bond acceptors (Lipinski definition) is 6. The molecule has 1 unspecified atom stereocenters. The summed E-state index contributed by atoms with van der Waals surface area (Å²) in [6.07, 6.45) is 1.01. The van der Waals surface area contributed by atoms with Crippen molar-refractivity contribution in [3.63, 3.8) is 0 Å². The van der Waals surface area contributed by atoms with Crippen LogP contribution in [0.5, 0.6) is 0 Å². The Morgan fingerprint density at radius 1 is 0.950 bits per heavy atom. The molecule has 0 aliphatic heterocycles. The molecule has 0 bridgehead atoms. The molecule has 0 spiro atoms. The Kier molecular flexibility index (Phi) is 10.3. The Labute approximate surface area is 234 Å². The van der Waals surface area contributed by atoms with Gasteiger partial charge in [0.15, 0.2) is 0 Å². The van der Waals surface area contributed by atoms with E-state index in [9.17, 15) is 19.2 Å². The van der Waals surface area contributed by atoms with Gasteiger partial charge in [-0.05, 0) is 81.9 Å². The number of nitrogens with zero attached hydrogens (tertiary/aromatic N) is 1. The third-order valence-corrected chi connectivity index (χ3v) is 5.62. The summed E-state index contributed by atoms with van der Waals surface area (Å²) in [6.45, 7) is 4.82. The van der Waals surface area contributed by atoms with E-state index in [0.717, 1.165) is 18.4 Å². The number of esters is 1. The molecule has 1 saturated carbocycles. The first-order chi connectivity index (χ1) is 19.1. The molecule has 1 aliphatic rings. The second kappa shape index (κ2) is 13.9. The monoisotopic (exact) mass is 543 g/mol. The van der Waals surface area contributed by atoms with Crippen molar-refractivity contribution >= 4 is 23.9 Å². The molecule has 40 heavy (non-hydrogen) atoms. The van der Waals surface area contributed by atoms with E-state index in [4.69, 9.17) is 9.47 Å². The van der Waals surface area contributed by atoms with Crippen LogP contribution in [0.25, 0.3) is 0 Å². The Bertz CT molecular complexity index is 1340. The highest BCUT2D eigenvalue weighted by molar-refractivity contribution is 5.97. The molecule has 3 amide bonds. The Morgan fingerprint density at radius 3 is 2.10 bits per heavy atom. The van der Waals surface area contributed by atoms with Crippen molar-refractivity contribution in [2.45, 2.75) is 51.3 Å². The molecule has 1 atom stereocenters. The van der Waals surface area contributed by atoms with Crippen LogP contribution in [0.4, 0.5) is 4.79 Å². The summed E-state index contributed by atoms with van der Waals surface area (Å²) in [5.74, 6) is 9.69. The van der Waals surface area contributed by atoms with Crippen LogP contribution in [-0.2, 0) is 19.1 Å². The van der Waals surface area contributed by atoms with Crippen molar-refractivity contribution in [3.8, 4) is 23.7 Å². The number of carbonyl (C=O) groups excluding carboxylic acids is 4. The normalized spacial score (nSPS) is 12.8. The molecule has 2 N–H and O–H groups in total. The number of methoxy groups -OCH3 is 1. The van der Waals surface area contributed by atoms with Gasteiger partial charge in [0.25, 0.3) is 5.91 Å². The lowest BCUT2D eigenvalue weighted by atomic mass is 10.1. The van der Waals surface area contributed by atoms with E-state index in [1.165, 1.54) is 12.0 Å². The molecule has 3 rings (SSSR count). The summed E-state index contributed by atoms with van der Waals surface area (Å²) in [5, 5.41) is 5.18. The number of benzene rings is 2. The smallest absolute Gasteiger partial charge is 0.411 e. The molecule has 0 radical (unpaired) electrons. The third-order valence-electron chi connectivity index (χ3n) is 5.62. The summed E-state index contributed by atoms with van der Waals surface area (Å²) >= 11 is 0. The number of nitrogens with one attached hydrogen (secondary N) is 2. The average molecular weight is 544 g/mol. The van der Waals surface area contributed by atoms with E-state index in [2.05, 4.69) is 34.3 Å². The summed E-state index contributed by atoms with van der Waals surface area (Å²) in [7, 11) is 1.19. The minimum absolute atomic E-state index is 0.0553. The van der Waals surface area contributed by atoms with E-state index < -0.39 is 35.5 Å². The van der Waals surface area contributed by atoms with Crippen molar-refractivity contribution in [1.29, 1.82) is 0 Å². The predicted molar refractivity (Wildman–Crippen MR) is 149 cm³/mol. The maximum atomic E-state index is 12.8. The number of ether oxygens (including phenoxy) is 2. The number of amides is 3. The highest BCUT2D eigenvalue weighted by Gasteiger charge is 2.36. The molecule has 9 heteroatoms. The molecule has 0 saturated heterocycles. The van der Waals surface area contributed by atoms with Gasteiger partial charge in [-0.1, -0.05) is 30.0 Å². The zero-order valence-corrected chi connectivity index (χ0v) is 23.1. The number of rotatable bonds is 8. The van der Waals surface area contributed by atoms with Gasteiger partial charge in [0.1, 0.15) is 18.2 Å². The van der Waals surface area contributed by atoms with Crippen LogP contribution in [0.3, 0.4) is 0 Å². The average Bonchev–Trinajstić information content (AvgIpc) is 3.77. The maximum Gasteiger partial charge on any atom is 0.411 e. The zero-order valence-electron chi connectivity index (χ0n) is 23.1. The SMILES string of the molecule is COC(=O)C(CNC(=O)CN(C(=O)OC(C)(C)C)C1CC1)NC(=O)c1ccc(C#CC#Cc2ccccc2)cc1. The Balaban J connectivity index is 1.55. The second-order valence-corrected chi connectivity index (χ2v) is 10.1. The second-order valence-electron chi connectivity index (χ2n) is 10.1. The first-order valence-corrected chi connectivity index (χ1v) is 12.9. The van der Waals surface area contributed by atoms with Crippen LogP contribution in [0.15, 0.2) is 54.6 Å². The number of hydrogen-bond donors (Lipinski definition) is 2. The fourth-order valence-corrected chi connectivity index (χ4v) is 3.49. The molecule has 1 aliphatic carbocycles. The molecule has 1 fully saturated rings. The Morgan fingerprint density at radius 2 is 1.55 bits per heavy atom. The van der Waals surface area contributed by atoms with E-state index in [-0.39, 0.29) is 19.1 Å². The zero-order chi connectivity index (χ0) is 29.1. The molecular weight excluding hydrogens is 510 g/mol. The van der Waals surface area contributed by atoms with Gasteiger partial charge in [-0.15, -0.1) is 0 Å². The standard InChI is InChI=1S/C31H33N3O6/c1-31(2,3)40-30(38)34(25-18-19-25)21-27(35)32-20-26(29(37)39-4)33-28(36)24-16-14-23(15-17-24)13-9-8-12-22-10-6-5-7-11-22/h5-7,10-11,14-17,25-26H,18-21H2,1-4H3,(H,32,35)(H,33,36). The summed E-state index contributed by atoms with van der Waals surface area (Å²) in [5.41, 5.74) is 1.14. The van der Waals surface area contributed by atoms with Crippen LogP contribution < -0.4 is 10.6 Å². The lowest BCUT2D eigenvalue weighted by molar-refractivity contribution is -0.142. The summed E-state index contributed by atoms with van der Waals surface area (Å²) in [6, 6.07) is 14.8. The molecule has 0 aromatic heterocycles. The highest BCUT2D eigenvalue weighted by atomic mass is 16.6. The summed E-state index contributed by atoms with van der Waals surface area (Å²) < 4.78 is 10.2. The topological polar surface area (TPSA) is 114 Å². The quantitative estimate of drug-likeness (QED) is 0.391. The van der Waals surface area contributed by atoms with E-state index in [0.29, 0.717) is 11.1 Å². The van der Waals surface area contributed by atoms with Crippen molar-refractivity contribution in [2.75, 3.05) is 20.2 Å². The van der Waals surface area contributed by atoms with Crippen molar-refractivity contribution in [2.24, 2.45) is 0 Å². The first-order valence-electron chi connectivity index (χ1n) is 12.9. The van der Waals surface area contributed by atoms with Gasteiger partial charge in [0.2, 0.25) is 5.91 Å². The highest BCUT2D eigenvalue weighted by Crippen LogP contribution is 2.28. The largest absolute Gasteiger partial charge is 0.467 e. The minimum atomic E-state index is -1.13. The van der Waals surface area contributed by atoms with Gasteiger partial charge in [-0.2, -0.15) is 0 Å². The van der Waals surface area contributed by atoms with Crippen molar-refractivity contribution < 1.29 is 28.7 Å². The van der Waals surface area contributed by atoms with Crippen LogP contribution in [-0.4, -0.2) is 66.7 Å². The Hall–Kier alpha value is -4.76. The van der Waals surface area contributed by atoms with Gasteiger partial charge in [0.05, 0.1) is 7.11 Å². The lowest BCUT2D eigenvalue weighted by Gasteiger charge is -2.27. The van der Waals surface area contributed by atoms with Crippen molar-refractivity contribution in [1.82, 2.24) is 15.5 Å². The van der Waals surface area contributed by atoms with Gasteiger partial charge in [-0.25, -0.2) is 9.59 Å². The fourth-order valence-electron chi connectivity index (χ4n) is 3.49. The van der Waals surface area contributed by atoms with E-state index >= 15 is 0 Å². The third kappa shape index (κ3) is 9.85. The van der Waals surface area contributed by atoms with Gasteiger partial charge < -0.3 is 20.1 Å². The maximum absolute atomic E-state index is 12.8. The summed E-state index contributed by atoms with van der Waals surface area (Å²) in [4.78, 5) is 51.6. The van der Waals surface area contributed by atoms with E-state index in [1.807, 2.05) is 30.3 Å². The van der Waals surface area contributed by atoms with Crippen LogP contribution in [0.2, 0.25) is 0 Å². The van der Waals surface area contributed by atoms with Gasteiger partial charge >= 0.3 is 12.1 Å². The lowest BCUT2D eigenvalue weighted by Crippen LogP contribution is -2.51. The molecular formula is C31H33N3O6. The van der Waals surface area contributed by atoms with Crippen LogP contribution in [0.1, 0.15) is 55.1 Å². The van der Waals surface area contributed by atoms with Crippen LogP contribution >= 0.6 is 0 Å². The van der Waals surface area contributed by atoms with Gasteiger partial charge in [-0.3, -0.25) is 14.5 Å². The van der Waals surface area contributed by atoms with Crippen molar-refractivity contribution in [3.05, 3.63) is 71.3 Å². The fraction of sp³-hybridized carbons (Fsp3) is 0.355. The molecule has 0 heterocycles. The minimum Gasteiger partial charge on any atom is -0.467 e. The predicted octanol–water partition coefficient (Wildman–Crippen LogP) is 2.88. The van der Waals surface area contributed by atoms with Crippen LogP contribution in [0, 0.1) is 23.7 Å². The first kappa shape index (κ1) is 29.8. The molecule has 2 aromatic rings. The molecule has 9 nitrogen and oxygen atoms in total. The molecule has 208 valence electrons. The van der Waals surface area contributed by atoms with Gasteiger partial charge in [0, 0.05) is 29.3 Å².